The second-order valence-electron chi connectivity index (χ2n) is 5.01. The zero-order valence-electron chi connectivity index (χ0n) is 12.1. The van der Waals surface area contributed by atoms with Crippen LogP contribution in [-0.4, -0.2) is 12.2 Å². The van der Waals surface area contributed by atoms with Crippen molar-refractivity contribution in [2.75, 3.05) is 7.11 Å². The SMILES string of the molecule is CCC(O)(Cc1cccc(OC)c1F)c1cccc(F)c1. The van der Waals surface area contributed by atoms with Gasteiger partial charge in [0, 0.05) is 6.42 Å². The van der Waals surface area contributed by atoms with E-state index in [4.69, 9.17) is 4.74 Å². The molecule has 0 spiro atoms. The molecule has 0 amide bonds. The summed E-state index contributed by atoms with van der Waals surface area (Å²) in [6, 6.07) is 10.5. The third-order valence-electron chi connectivity index (χ3n) is 3.69. The second kappa shape index (κ2) is 6.22. The molecule has 112 valence electrons. The van der Waals surface area contributed by atoms with Gasteiger partial charge in [0.2, 0.25) is 0 Å². The fourth-order valence-corrected chi connectivity index (χ4v) is 2.37. The van der Waals surface area contributed by atoms with Crippen molar-refractivity contribution in [3.8, 4) is 5.75 Å². The van der Waals surface area contributed by atoms with Crippen LogP contribution in [0.2, 0.25) is 0 Å². The molecule has 0 radical (unpaired) electrons. The van der Waals surface area contributed by atoms with Gasteiger partial charge in [-0.05, 0) is 35.7 Å². The Balaban J connectivity index is 2.39. The maximum absolute atomic E-state index is 14.2. The number of rotatable bonds is 5. The summed E-state index contributed by atoms with van der Waals surface area (Å²) >= 11 is 0. The smallest absolute Gasteiger partial charge is 0.168 e. The molecule has 0 aliphatic heterocycles. The lowest BCUT2D eigenvalue weighted by molar-refractivity contribution is 0.0315. The van der Waals surface area contributed by atoms with Crippen molar-refractivity contribution in [3.63, 3.8) is 0 Å². The highest BCUT2D eigenvalue weighted by atomic mass is 19.1. The summed E-state index contributed by atoms with van der Waals surface area (Å²) < 4.78 is 32.5. The molecule has 21 heavy (non-hydrogen) atoms. The van der Waals surface area contributed by atoms with E-state index in [9.17, 15) is 13.9 Å². The van der Waals surface area contributed by atoms with Gasteiger partial charge in [-0.15, -0.1) is 0 Å². The highest BCUT2D eigenvalue weighted by Crippen LogP contribution is 2.32. The Hall–Kier alpha value is -1.94. The van der Waals surface area contributed by atoms with E-state index in [1.807, 2.05) is 0 Å². The van der Waals surface area contributed by atoms with Gasteiger partial charge in [-0.25, -0.2) is 8.78 Å². The zero-order chi connectivity index (χ0) is 15.5. The van der Waals surface area contributed by atoms with Gasteiger partial charge in [0.15, 0.2) is 11.6 Å². The lowest BCUT2D eigenvalue weighted by atomic mass is 9.85. The highest BCUT2D eigenvalue weighted by molar-refractivity contribution is 5.34. The van der Waals surface area contributed by atoms with Gasteiger partial charge in [-0.3, -0.25) is 0 Å². The molecule has 2 aromatic carbocycles. The molecule has 2 rings (SSSR count). The fraction of sp³-hybridized carbons (Fsp3) is 0.294. The summed E-state index contributed by atoms with van der Waals surface area (Å²) in [6.45, 7) is 1.78. The molecule has 2 aromatic rings. The maximum atomic E-state index is 14.2. The van der Waals surface area contributed by atoms with E-state index >= 15 is 0 Å². The minimum Gasteiger partial charge on any atom is -0.494 e. The molecule has 0 saturated carbocycles. The van der Waals surface area contributed by atoms with Crippen molar-refractivity contribution in [1.29, 1.82) is 0 Å². The van der Waals surface area contributed by atoms with Crippen molar-refractivity contribution in [2.45, 2.75) is 25.4 Å². The standard InChI is InChI=1S/C17H18F2O2/c1-3-17(20,13-7-5-8-14(18)10-13)11-12-6-4-9-15(21-2)16(12)19/h4-10,20H,3,11H2,1-2H3. The second-order valence-corrected chi connectivity index (χ2v) is 5.01. The zero-order valence-corrected chi connectivity index (χ0v) is 12.1. The summed E-state index contributed by atoms with van der Waals surface area (Å²) in [5.41, 5.74) is -0.551. The Morgan fingerprint density at radius 3 is 2.48 bits per heavy atom. The molecule has 4 heteroatoms. The van der Waals surface area contributed by atoms with E-state index in [0.717, 1.165) is 0 Å². The minimum absolute atomic E-state index is 0.0516. The molecular weight excluding hydrogens is 274 g/mol. The van der Waals surface area contributed by atoms with Crippen LogP contribution < -0.4 is 4.74 Å². The van der Waals surface area contributed by atoms with Gasteiger partial charge in [0.25, 0.3) is 0 Å². The van der Waals surface area contributed by atoms with Crippen LogP contribution in [0, 0.1) is 11.6 Å². The van der Waals surface area contributed by atoms with Crippen LogP contribution in [0.4, 0.5) is 8.78 Å². The topological polar surface area (TPSA) is 29.5 Å². The first-order valence-corrected chi connectivity index (χ1v) is 6.80. The first-order valence-electron chi connectivity index (χ1n) is 6.80. The number of halogens is 2. The Bertz CT molecular complexity index is 628. The van der Waals surface area contributed by atoms with E-state index < -0.39 is 17.2 Å². The molecule has 0 fully saturated rings. The van der Waals surface area contributed by atoms with Crippen LogP contribution in [-0.2, 0) is 12.0 Å². The van der Waals surface area contributed by atoms with Gasteiger partial charge in [0.1, 0.15) is 5.82 Å². The number of ether oxygens (including phenoxy) is 1. The number of hydrogen-bond donors (Lipinski definition) is 1. The van der Waals surface area contributed by atoms with Crippen LogP contribution in [0.3, 0.4) is 0 Å². The summed E-state index contributed by atoms with van der Waals surface area (Å²) in [4.78, 5) is 0. The van der Waals surface area contributed by atoms with Crippen molar-refractivity contribution in [3.05, 3.63) is 65.2 Å². The lowest BCUT2D eigenvalue weighted by Gasteiger charge is -2.28. The minimum atomic E-state index is -1.32. The molecule has 0 aromatic heterocycles. The lowest BCUT2D eigenvalue weighted by Crippen LogP contribution is -2.28. The summed E-state index contributed by atoms with van der Waals surface area (Å²) in [5, 5.41) is 10.8. The highest BCUT2D eigenvalue weighted by Gasteiger charge is 2.29. The van der Waals surface area contributed by atoms with E-state index in [-0.39, 0.29) is 12.2 Å². The van der Waals surface area contributed by atoms with Gasteiger partial charge >= 0.3 is 0 Å². The number of aliphatic hydroxyl groups is 1. The molecule has 0 heterocycles. The molecule has 0 saturated heterocycles. The molecule has 1 atom stereocenters. The van der Waals surface area contributed by atoms with Crippen LogP contribution in [0.25, 0.3) is 0 Å². The monoisotopic (exact) mass is 292 g/mol. The largest absolute Gasteiger partial charge is 0.494 e. The Morgan fingerprint density at radius 2 is 1.86 bits per heavy atom. The van der Waals surface area contributed by atoms with Crippen molar-refractivity contribution < 1.29 is 18.6 Å². The van der Waals surface area contributed by atoms with Crippen molar-refractivity contribution >= 4 is 0 Å². The average Bonchev–Trinajstić information content (AvgIpc) is 2.49. The molecule has 1 unspecified atom stereocenters. The van der Waals surface area contributed by atoms with Gasteiger partial charge in [-0.1, -0.05) is 31.2 Å². The molecule has 1 N–H and O–H groups in total. The van der Waals surface area contributed by atoms with Gasteiger partial charge < -0.3 is 9.84 Å². The third kappa shape index (κ3) is 3.22. The number of methoxy groups -OCH3 is 1. The predicted molar refractivity (Wildman–Crippen MR) is 77.2 cm³/mol. The molecule has 0 bridgehead atoms. The Kier molecular flexibility index (Phi) is 4.58. The summed E-state index contributed by atoms with van der Waals surface area (Å²) in [7, 11) is 1.39. The normalized spacial score (nSPS) is 13.8. The first kappa shape index (κ1) is 15.4. The molecule has 0 aliphatic carbocycles. The third-order valence-corrected chi connectivity index (χ3v) is 3.69. The van der Waals surface area contributed by atoms with Crippen LogP contribution in [0.15, 0.2) is 42.5 Å². The van der Waals surface area contributed by atoms with E-state index in [0.29, 0.717) is 17.5 Å². The van der Waals surface area contributed by atoms with Gasteiger partial charge in [0.05, 0.1) is 12.7 Å². The van der Waals surface area contributed by atoms with Crippen molar-refractivity contribution in [1.82, 2.24) is 0 Å². The Morgan fingerprint density at radius 1 is 1.14 bits per heavy atom. The number of hydrogen-bond acceptors (Lipinski definition) is 2. The first-order chi connectivity index (χ1) is 10.00. The van der Waals surface area contributed by atoms with Crippen molar-refractivity contribution in [2.24, 2.45) is 0 Å². The molecule has 2 nitrogen and oxygen atoms in total. The fourth-order valence-electron chi connectivity index (χ4n) is 2.37. The molecule has 0 aliphatic rings. The average molecular weight is 292 g/mol. The predicted octanol–water partition coefficient (Wildman–Crippen LogP) is 3.81. The maximum Gasteiger partial charge on any atom is 0.168 e. The van der Waals surface area contributed by atoms with E-state index in [1.54, 1.807) is 25.1 Å². The van der Waals surface area contributed by atoms with E-state index in [2.05, 4.69) is 0 Å². The van der Waals surface area contributed by atoms with Crippen LogP contribution >= 0.6 is 0 Å². The summed E-state index contributed by atoms with van der Waals surface area (Å²) in [6.07, 6.45) is 0.392. The molecular formula is C17H18F2O2. The van der Waals surface area contributed by atoms with Gasteiger partial charge in [-0.2, -0.15) is 0 Å². The van der Waals surface area contributed by atoms with E-state index in [1.165, 1.54) is 31.4 Å². The quantitative estimate of drug-likeness (QED) is 0.908. The summed E-state index contributed by atoms with van der Waals surface area (Å²) in [5.74, 6) is -0.793. The number of benzene rings is 2. The van der Waals surface area contributed by atoms with Crippen LogP contribution in [0.1, 0.15) is 24.5 Å². The van der Waals surface area contributed by atoms with Crippen LogP contribution in [0.5, 0.6) is 5.75 Å². The Labute approximate surface area is 123 Å².